The number of aromatic nitrogens is 3. The van der Waals surface area contributed by atoms with Crippen LogP contribution in [0.3, 0.4) is 0 Å². The molecule has 2 aromatic heterocycles. The molecule has 0 bridgehead atoms. The van der Waals surface area contributed by atoms with Crippen molar-refractivity contribution in [2.24, 2.45) is 0 Å². The van der Waals surface area contributed by atoms with E-state index in [1.54, 1.807) is 42.6 Å². The van der Waals surface area contributed by atoms with E-state index in [4.69, 9.17) is 0 Å². The lowest BCUT2D eigenvalue weighted by molar-refractivity contribution is 0.103. The molecule has 0 radical (unpaired) electrons. The maximum Gasteiger partial charge on any atom is 0.278 e. The number of hydrogen-bond donors (Lipinski definition) is 1. The van der Waals surface area contributed by atoms with E-state index in [0.29, 0.717) is 16.6 Å². The summed E-state index contributed by atoms with van der Waals surface area (Å²) in [7, 11) is 0. The fourth-order valence-corrected chi connectivity index (χ4v) is 1.81. The minimum atomic E-state index is -0.493. The average molecular weight is 251 g/mol. The third kappa shape index (κ3) is 2.01. The van der Waals surface area contributed by atoms with Crippen LogP contribution in [0, 0.1) is 0 Å². The fourth-order valence-electron chi connectivity index (χ4n) is 1.81. The highest BCUT2D eigenvalue weighted by atomic mass is 16.1. The number of aromatic amines is 1. The van der Waals surface area contributed by atoms with E-state index >= 15 is 0 Å². The third-order valence-electron chi connectivity index (χ3n) is 2.75. The molecule has 0 saturated carbocycles. The smallest absolute Gasteiger partial charge is 0.278 e. The molecule has 92 valence electrons. The highest BCUT2D eigenvalue weighted by Gasteiger charge is 2.15. The van der Waals surface area contributed by atoms with Crippen molar-refractivity contribution >= 4 is 16.8 Å². The zero-order valence-electron chi connectivity index (χ0n) is 9.83. The highest BCUT2D eigenvalue weighted by molar-refractivity contribution is 6.08. The third-order valence-corrected chi connectivity index (χ3v) is 2.75. The van der Waals surface area contributed by atoms with Crippen LogP contribution < -0.4 is 5.56 Å². The summed E-state index contributed by atoms with van der Waals surface area (Å²) >= 11 is 0. The summed E-state index contributed by atoms with van der Waals surface area (Å²) in [5.41, 5.74) is 0.869. The van der Waals surface area contributed by atoms with E-state index in [-0.39, 0.29) is 5.69 Å². The minimum absolute atomic E-state index is 0.119. The first-order chi connectivity index (χ1) is 9.25. The van der Waals surface area contributed by atoms with Gasteiger partial charge in [0.05, 0.1) is 11.7 Å². The first kappa shape index (κ1) is 11.3. The Labute approximate surface area is 108 Å². The molecular weight excluding hydrogens is 242 g/mol. The summed E-state index contributed by atoms with van der Waals surface area (Å²) in [4.78, 5) is 34.7. The monoisotopic (exact) mass is 251 g/mol. The van der Waals surface area contributed by atoms with Crippen LogP contribution in [0.1, 0.15) is 16.1 Å². The normalized spacial score (nSPS) is 10.5. The van der Waals surface area contributed by atoms with Crippen molar-refractivity contribution in [1.29, 1.82) is 0 Å². The molecular formula is C14H9N3O2. The number of nitrogens with one attached hydrogen (secondary N) is 1. The lowest BCUT2D eigenvalue weighted by Gasteiger charge is -2.01. The van der Waals surface area contributed by atoms with Crippen LogP contribution in [0.5, 0.6) is 0 Å². The summed E-state index contributed by atoms with van der Waals surface area (Å²) < 4.78 is 0. The average Bonchev–Trinajstić information content (AvgIpc) is 2.47. The zero-order chi connectivity index (χ0) is 13.2. The van der Waals surface area contributed by atoms with E-state index in [2.05, 4.69) is 15.0 Å². The molecule has 0 amide bonds. The molecule has 2 heterocycles. The van der Waals surface area contributed by atoms with Crippen LogP contribution in [0.15, 0.2) is 53.6 Å². The molecule has 0 aliphatic rings. The summed E-state index contributed by atoms with van der Waals surface area (Å²) in [6.45, 7) is 0. The van der Waals surface area contributed by atoms with Crippen molar-refractivity contribution in [1.82, 2.24) is 15.0 Å². The number of H-pyrrole nitrogens is 1. The maximum atomic E-state index is 12.2. The Kier molecular flexibility index (Phi) is 2.64. The number of hydrogen-bond acceptors (Lipinski definition) is 4. The van der Waals surface area contributed by atoms with Gasteiger partial charge in [-0.15, -0.1) is 0 Å². The number of carbonyl (C=O) groups excluding carboxylic acids is 1. The molecule has 1 N–H and O–H groups in total. The Hall–Kier alpha value is -2.82. The fraction of sp³-hybridized carbons (Fsp3) is 0. The SMILES string of the molecule is O=C(c1ccccc1)c1nc2cnccc2[nH]c1=O. The van der Waals surface area contributed by atoms with Gasteiger partial charge < -0.3 is 4.98 Å². The Balaban J connectivity index is 2.18. The van der Waals surface area contributed by atoms with Gasteiger partial charge in [0.15, 0.2) is 5.69 Å². The molecule has 0 aliphatic heterocycles. The quantitative estimate of drug-likeness (QED) is 0.701. The Morgan fingerprint density at radius 3 is 2.68 bits per heavy atom. The molecule has 19 heavy (non-hydrogen) atoms. The highest BCUT2D eigenvalue weighted by Crippen LogP contribution is 2.08. The Morgan fingerprint density at radius 1 is 1.11 bits per heavy atom. The van der Waals surface area contributed by atoms with Crippen molar-refractivity contribution in [2.75, 3.05) is 0 Å². The summed E-state index contributed by atoms with van der Waals surface area (Å²) in [6, 6.07) is 10.2. The van der Waals surface area contributed by atoms with Gasteiger partial charge in [0, 0.05) is 11.8 Å². The van der Waals surface area contributed by atoms with E-state index in [9.17, 15) is 9.59 Å². The van der Waals surface area contributed by atoms with Gasteiger partial charge >= 0.3 is 0 Å². The van der Waals surface area contributed by atoms with Crippen LogP contribution in [0.4, 0.5) is 0 Å². The van der Waals surface area contributed by atoms with Gasteiger partial charge in [-0.3, -0.25) is 14.6 Å². The van der Waals surface area contributed by atoms with Crippen molar-refractivity contribution in [3.8, 4) is 0 Å². The Morgan fingerprint density at radius 2 is 1.89 bits per heavy atom. The van der Waals surface area contributed by atoms with Gasteiger partial charge in [0.1, 0.15) is 5.52 Å². The van der Waals surface area contributed by atoms with E-state index in [1.807, 2.05) is 0 Å². The Bertz CT molecular complexity index is 810. The van der Waals surface area contributed by atoms with Gasteiger partial charge in [0.25, 0.3) is 5.56 Å². The molecule has 0 fully saturated rings. The zero-order valence-corrected chi connectivity index (χ0v) is 9.83. The topological polar surface area (TPSA) is 75.7 Å². The summed E-state index contributed by atoms with van der Waals surface area (Å²) in [5, 5.41) is 0. The second kappa shape index (κ2) is 4.45. The number of nitrogens with zero attached hydrogens (tertiary/aromatic N) is 2. The van der Waals surface area contributed by atoms with Crippen LogP contribution in [-0.2, 0) is 0 Å². The number of carbonyl (C=O) groups is 1. The largest absolute Gasteiger partial charge is 0.319 e. The lowest BCUT2D eigenvalue weighted by atomic mass is 10.1. The van der Waals surface area contributed by atoms with Gasteiger partial charge in [0.2, 0.25) is 5.78 Å². The van der Waals surface area contributed by atoms with E-state index in [0.717, 1.165) is 0 Å². The van der Waals surface area contributed by atoms with Crippen LogP contribution in [0.2, 0.25) is 0 Å². The maximum absolute atomic E-state index is 12.2. The summed E-state index contributed by atoms with van der Waals surface area (Å²) in [5.74, 6) is -0.396. The van der Waals surface area contributed by atoms with Crippen molar-refractivity contribution in [3.05, 3.63) is 70.4 Å². The van der Waals surface area contributed by atoms with Crippen LogP contribution in [0.25, 0.3) is 11.0 Å². The second-order valence-corrected chi connectivity index (χ2v) is 4.00. The predicted molar refractivity (Wildman–Crippen MR) is 70.0 cm³/mol. The molecule has 0 unspecified atom stereocenters. The van der Waals surface area contributed by atoms with Gasteiger partial charge in [-0.1, -0.05) is 30.3 Å². The molecule has 5 heteroatoms. The number of benzene rings is 1. The van der Waals surface area contributed by atoms with Crippen LogP contribution >= 0.6 is 0 Å². The molecule has 5 nitrogen and oxygen atoms in total. The number of fused-ring (bicyclic) bond motifs is 1. The van der Waals surface area contributed by atoms with Crippen molar-refractivity contribution in [3.63, 3.8) is 0 Å². The molecule has 1 aromatic carbocycles. The molecule has 0 saturated heterocycles. The first-order valence-corrected chi connectivity index (χ1v) is 5.69. The van der Waals surface area contributed by atoms with Crippen LogP contribution in [-0.4, -0.2) is 20.7 Å². The minimum Gasteiger partial charge on any atom is -0.319 e. The number of rotatable bonds is 2. The molecule has 3 aromatic rings. The van der Waals surface area contributed by atoms with Crippen molar-refractivity contribution < 1.29 is 4.79 Å². The standard InChI is InChI=1S/C14H9N3O2/c18-13(9-4-2-1-3-5-9)12-14(19)17-10-6-7-15-8-11(10)16-12/h1-8H,(H,17,19). The first-order valence-electron chi connectivity index (χ1n) is 5.69. The molecule has 0 atom stereocenters. The predicted octanol–water partition coefficient (Wildman–Crippen LogP) is 1.55. The number of ketones is 1. The second-order valence-electron chi connectivity index (χ2n) is 4.00. The molecule has 0 spiro atoms. The lowest BCUT2D eigenvalue weighted by Crippen LogP contribution is -2.20. The van der Waals surface area contributed by atoms with E-state index < -0.39 is 11.3 Å². The molecule has 3 rings (SSSR count). The summed E-state index contributed by atoms with van der Waals surface area (Å²) in [6.07, 6.45) is 3.06. The number of pyridine rings is 1. The van der Waals surface area contributed by atoms with Gasteiger partial charge in [-0.2, -0.15) is 0 Å². The molecule has 0 aliphatic carbocycles. The van der Waals surface area contributed by atoms with Crippen molar-refractivity contribution in [2.45, 2.75) is 0 Å². The van der Waals surface area contributed by atoms with E-state index in [1.165, 1.54) is 6.20 Å². The van der Waals surface area contributed by atoms with Gasteiger partial charge in [-0.05, 0) is 6.07 Å². The van der Waals surface area contributed by atoms with Gasteiger partial charge in [-0.25, -0.2) is 4.98 Å².